The van der Waals surface area contributed by atoms with E-state index in [2.05, 4.69) is 172 Å². The lowest BCUT2D eigenvalue weighted by molar-refractivity contribution is -0.904. The van der Waals surface area contributed by atoms with Crippen molar-refractivity contribution in [2.75, 3.05) is 22.1 Å². The van der Waals surface area contributed by atoms with Gasteiger partial charge in [0, 0.05) is 93.8 Å². The fourth-order valence-corrected chi connectivity index (χ4v) is 11.2. The van der Waals surface area contributed by atoms with Gasteiger partial charge >= 0.3 is 11.4 Å². The summed E-state index contributed by atoms with van der Waals surface area (Å²) in [6, 6.07) is 62.1. The maximum atomic E-state index is 10.8. The molecule has 0 aliphatic carbocycles. The number of benzene rings is 5. The quantitative estimate of drug-likeness (QED) is 0.0172. The molecule has 9 heterocycles. The van der Waals surface area contributed by atoms with E-state index in [9.17, 15) is 25.4 Å². The Hall–Kier alpha value is -12.5. The number of nitrogens with one attached hydrogen (secondary N) is 2. The van der Waals surface area contributed by atoms with Crippen LogP contribution in [0.25, 0.3) is 33.1 Å². The first-order valence-corrected chi connectivity index (χ1v) is 34.9. The van der Waals surface area contributed by atoms with Crippen molar-refractivity contribution >= 4 is 79.0 Å². The number of nitrogens with zero attached hydrogens (tertiary/aromatic N) is 14. The van der Waals surface area contributed by atoms with Crippen LogP contribution >= 0.6 is 11.6 Å². The van der Waals surface area contributed by atoms with Crippen LogP contribution in [0.15, 0.2) is 256 Å². The molecule has 9 aromatic heterocycles. The molecule has 0 fully saturated rings. The van der Waals surface area contributed by atoms with Crippen LogP contribution in [0.3, 0.4) is 0 Å². The van der Waals surface area contributed by atoms with Gasteiger partial charge in [-0.25, -0.2) is 19.9 Å². The topological polar surface area (TPSA) is 304 Å². The molecule has 24 heteroatoms. The van der Waals surface area contributed by atoms with Crippen LogP contribution in [-0.2, 0) is 52.0 Å². The number of aromatic nitrogens is 12. The lowest BCUT2D eigenvalue weighted by Crippen LogP contribution is -2.28. The Morgan fingerprint density at radius 2 is 0.865 bits per heavy atom. The zero-order valence-electron chi connectivity index (χ0n) is 58.5. The highest BCUT2D eigenvalue weighted by Crippen LogP contribution is 2.26. The average Bonchev–Trinajstić information content (AvgIpc) is 1.65. The Morgan fingerprint density at radius 3 is 1.35 bits per heavy atom. The summed E-state index contributed by atoms with van der Waals surface area (Å²) in [5.41, 5.74) is 25.7. The first kappa shape index (κ1) is 75.7. The Morgan fingerprint density at radius 1 is 0.462 bits per heavy atom. The van der Waals surface area contributed by atoms with E-state index in [0.29, 0.717) is 23.7 Å². The summed E-state index contributed by atoms with van der Waals surface area (Å²) in [7, 11) is 0. The van der Waals surface area contributed by atoms with Gasteiger partial charge in [-0.3, -0.25) is 45.4 Å². The number of hydrogen-bond acceptors (Lipinski definition) is 17. The molecule has 7 N–H and O–H groups in total. The minimum Gasteiger partial charge on any atom is -0.396 e. The number of hydrogen-bond donors (Lipinski definition) is 5. The molecule has 14 rings (SSSR count). The van der Waals surface area contributed by atoms with Crippen LogP contribution in [0.4, 0.5) is 34.3 Å². The zero-order chi connectivity index (χ0) is 73.3. The molecule has 0 aliphatic rings. The molecule has 0 unspecified atom stereocenters. The monoisotopic (exact) mass is 1410 g/mol. The van der Waals surface area contributed by atoms with Gasteiger partial charge in [0.05, 0.1) is 50.2 Å². The van der Waals surface area contributed by atoms with Gasteiger partial charge in [-0.15, -0.1) is 0 Å². The molecule has 0 aliphatic heterocycles. The van der Waals surface area contributed by atoms with Crippen molar-refractivity contribution in [2.24, 2.45) is 0 Å². The lowest BCUT2D eigenvalue weighted by atomic mass is 10.2. The van der Waals surface area contributed by atoms with E-state index < -0.39 is 9.85 Å². The summed E-state index contributed by atoms with van der Waals surface area (Å²) >= 11 is 5.44. The summed E-state index contributed by atoms with van der Waals surface area (Å²) in [5, 5.41) is 36.8. The molecule has 0 atom stereocenters. The fourth-order valence-electron chi connectivity index (χ4n) is 11.0. The van der Waals surface area contributed by atoms with Gasteiger partial charge in [0.1, 0.15) is 51.6 Å². The number of anilines is 4. The van der Waals surface area contributed by atoms with Crippen LogP contribution in [0.1, 0.15) is 105 Å². The summed E-state index contributed by atoms with van der Waals surface area (Å²) in [6.07, 6.45) is 27.3. The summed E-state index contributed by atoms with van der Waals surface area (Å²) < 4.78 is 7.90. The minimum absolute atomic E-state index is 0.0107. The van der Waals surface area contributed by atoms with Gasteiger partial charge in [-0.1, -0.05) is 203 Å². The number of fused-ring (bicyclic) bond motifs is 3. The first-order valence-electron chi connectivity index (χ1n) is 34.5. The number of nitro groups is 2. The highest BCUT2D eigenvalue weighted by molar-refractivity contribution is 6.32. The summed E-state index contributed by atoms with van der Waals surface area (Å²) in [5.74, 6) is 3.85. The van der Waals surface area contributed by atoms with Crippen molar-refractivity contribution in [1.29, 1.82) is 0 Å². The molecule has 0 bridgehead atoms. The van der Waals surface area contributed by atoms with Gasteiger partial charge in [-0.05, 0) is 77.4 Å². The predicted octanol–water partition coefficient (Wildman–Crippen LogP) is 16.7. The first-order chi connectivity index (χ1) is 50.8. The molecule has 23 nitrogen and oxygen atoms in total. The second-order valence-corrected chi connectivity index (χ2v) is 24.4. The highest BCUT2D eigenvalue weighted by Gasteiger charge is 2.18. The Kier molecular flexibility index (Phi) is 29.2. The largest absolute Gasteiger partial charge is 0.396 e. The number of halogens is 1. The summed E-state index contributed by atoms with van der Waals surface area (Å²) in [4.78, 5) is 53.5. The highest BCUT2D eigenvalue weighted by atomic mass is 35.5. The number of nitrogen functional groups attached to an aromatic ring is 2. The van der Waals surface area contributed by atoms with Crippen LogP contribution in [0, 0.1) is 20.2 Å². The number of rotatable bonds is 23. The van der Waals surface area contributed by atoms with E-state index in [1.54, 1.807) is 37.1 Å². The number of nitrogens with two attached hydrogens (primary N) is 2. The average molecular weight is 1420 g/mol. The Balaban J connectivity index is 0.000000147. The maximum absolute atomic E-state index is 10.8. The molecule has 0 amide bonds. The van der Waals surface area contributed by atoms with Crippen molar-refractivity contribution in [2.45, 2.75) is 111 Å². The van der Waals surface area contributed by atoms with Gasteiger partial charge in [-0.2, -0.15) is 0 Å². The van der Waals surface area contributed by atoms with Gasteiger partial charge < -0.3 is 35.8 Å². The van der Waals surface area contributed by atoms with Crippen LogP contribution in [0.5, 0.6) is 0 Å². The van der Waals surface area contributed by atoms with Crippen molar-refractivity contribution < 1.29 is 19.8 Å². The number of pyridine rings is 6. The molecule has 104 heavy (non-hydrogen) atoms. The van der Waals surface area contributed by atoms with E-state index in [4.69, 9.17) is 33.0 Å². The van der Waals surface area contributed by atoms with Gasteiger partial charge in [0.15, 0.2) is 11.3 Å². The Bertz CT molecular complexity index is 4940. The van der Waals surface area contributed by atoms with E-state index in [0.717, 1.165) is 133 Å². The third-order valence-electron chi connectivity index (χ3n) is 16.4. The van der Waals surface area contributed by atoms with Crippen molar-refractivity contribution in [3.63, 3.8) is 0 Å². The fraction of sp³-hybridized carbons (Fsp3) is 0.212. The van der Waals surface area contributed by atoms with Crippen LogP contribution in [0.2, 0.25) is 5.02 Å². The standard InChI is InChI=1S/C17H20N4.C17H20N3O.C17H19N3.C12H11N3O2.C12H13N3.C5H3ClN2O2/c1-2-3-9-15-20-16-14(10-11-19-17(16)18)21(15)12-13-7-5-4-6-8-13;1-2-3-9-17-18-15-13-19(21)11-10-16(15)20(17)12-14-7-5-4-6-8-14;1-2-3-9-17-19-15-12-18-11-10-16(15)20(17)13-14-7-5-4-6-8-14;16-15(17)12-9-13-7-6-11(12)14-8-10-4-2-1-3-5-10;13-11-9-14-7-6-12(11)15-8-10-4-2-1-3-5-10;6-4-1-2-7-3-5(4)8(9)10/h4-8,10-11H,2-3,9,12H2,1H3,(H2,18,19);4-8,10-11,13,21H,2-3,9,12H2,1H3;4-8,10-12H,2-3,9,13H2,1H3;1-7,9H,8H2,(H,13,14);1-7,9H,8,13H2,(H,14,15);1-3H/q;+1;;;;. The van der Waals surface area contributed by atoms with Crippen molar-refractivity contribution in [3.05, 3.63) is 327 Å². The predicted molar refractivity (Wildman–Crippen MR) is 412 cm³/mol. The van der Waals surface area contributed by atoms with Crippen LogP contribution < -0.4 is 26.8 Å². The van der Waals surface area contributed by atoms with E-state index >= 15 is 0 Å². The second kappa shape index (κ2) is 40.1. The van der Waals surface area contributed by atoms with E-state index in [1.165, 1.54) is 71.1 Å². The van der Waals surface area contributed by atoms with Crippen molar-refractivity contribution in [3.8, 4) is 0 Å². The van der Waals surface area contributed by atoms with Crippen LogP contribution in [-0.4, -0.2) is 68.6 Å². The minimum atomic E-state index is -0.574. The molecular formula is C80H86ClN18O5+. The molecule has 0 radical (unpaired) electrons. The number of aryl methyl sites for hydroxylation is 3. The molecule has 0 saturated carbocycles. The van der Waals surface area contributed by atoms with E-state index in [-0.39, 0.29) is 16.4 Å². The smallest absolute Gasteiger partial charge is 0.310 e. The second-order valence-electron chi connectivity index (χ2n) is 24.0. The Labute approximate surface area is 609 Å². The molecule has 5 aromatic carbocycles. The molecule has 0 saturated heterocycles. The lowest BCUT2D eigenvalue weighted by Gasteiger charge is -2.09. The number of unbranched alkanes of at least 4 members (excludes halogenated alkanes) is 3. The summed E-state index contributed by atoms with van der Waals surface area (Å²) in [6.45, 7) is 10.4. The number of imidazole rings is 3. The van der Waals surface area contributed by atoms with E-state index in [1.807, 2.05) is 91.3 Å². The third-order valence-corrected chi connectivity index (χ3v) is 16.7. The van der Waals surface area contributed by atoms with Gasteiger partial charge in [0.2, 0.25) is 12.4 Å². The SMILES string of the molecule is CCCCc1nc2c(N)nccc2n1Cc1ccccc1.CCCCc1nc2c[n+](O)ccc2n1Cc1ccccc1.CCCCc1nc2cnccc2n1Cc1ccccc1.Nc1cnccc1NCc1ccccc1.O=[N+]([O-])c1cnccc1Cl.O=[N+]([O-])c1cnccc1NCc1ccccc1. The molecular weight excluding hydrogens is 1330 g/mol. The maximum Gasteiger partial charge on any atom is 0.310 e. The van der Waals surface area contributed by atoms with Gasteiger partial charge in [0.25, 0.3) is 0 Å². The zero-order valence-corrected chi connectivity index (χ0v) is 59.3. The molecule has 532 valence electrons. The van der Waals surface area contributed by atoms with Crippen molar-refractivity contribution in [1.82, 2.24) is 53.6 Å². The normalized spacial score (nSPS) is 10.5. The molecule has 0 spiro atoms. The third kappa shape index (κ3) is 22.5. The molecule has 14 aromatic rings.